The molecule has 0 spiro atoms. The molecule has 1 amide bonds. The van der Waals surface area contributed by atoms with Crippen LogP contribution in [0.5, 0.6) is 0 Å². The first kappa shape index (κ1) is 20.9. The Kier molecular flexibility index (Phi) is 7.20. The zero-order valence-electron chi connectivity index (χ0n) is 16.2. The number of hydrogen-bond donors (Lipinski definition) is 1. The van der Waals surface area contributed by atoms with Gasteiger partial charge in [-0.25, -0.2) is 8.42 Å². The third-order valence-electron chi connectivity index (χ3n) is 4.85. The maximum atomic E-state index is 12.8. The number of sulfonamides is 1. The first-order valence-electron chi connectivity index (χ1n) is 9.35. The van der Waals surface area contributed by atoms with E-state index >= 15 is 0 Å². The molecule has 0 bridgehead atoms. The molecule has 1 aliphatic rings. The minimum Gasteiger partial charge on any atom is -0.353 e. The highest BCUT2D eigenvalue weighted by Gasteiger charge is 2.29. The Morgan fingerprint density at radius 2 is 1.65 bits per heavy atom. The van der Waals surface area contributed by atoms with Crippen LogP contribution in [0.4, 0.5) is 0 Å². The van der Waals surface area contributed by atoms with Gasteiger partial charge in [-0.05, 0) is 43.9 Å². The summed E-state index contributed by atoms with van der Waals surface area (Å²) in [5.41, 5.74) is 1.16. The van der Waals surface area contributed by atoms with Gasteiger partial charge in [-0.2, -0.15) is 4.31 Å². The second-order valence-electron chi connectivity index (χ2n) is 7.28. The number of nitrogens with zero attached hydrogens (tertiary/aromatic N) is 2. The molecule has 26 heavy (non-hydrogen) atoms. The van der Waals surface area contributed by atoms with Gasteiger partial charge in [0.1, 0.15) is 0 Å². The molecule has 2 rings (SSSR count). The second kappa shape index (κ2) is 8.97. The molecule has 0 radical (unpaired) electrons. The fourth-order valence-electron chi connectivity index (χ4n) is 3.05. The summed E-state index contributed by atoms with van der Waals surface area (Å²) in [6, 6.07) is 7.35. The van der Waals surface area contributed by atoms with Crippen LogP contribution in [0.1, 0.15) is 45.6 Å². The topological polar surface area (TPSA) is 69.7 Å². The van der Waals surface area contributed by atoms with Crippen molar-refractivity contribution in [3.8, 4) is 0 Å². The summed E-state index contributed by atoms with van der Waals surface area (Å²) < 4.78 is 27.2. The van der Waals surface area contributed by atoms with Crippen molar-refractivity contribution in [2.75, 3.05) is 32.7 Å². The van der Waals surface area contributed by atoms with Crippen LogP contribution < -0.4 is 5.32 Å². The lowest BCUT2D eigenvalue weighted by molar-refractivity contribution is -0.123. The van der Waals surface area contributed by atoms with Crippen LogP contribution in [0.2, 0.25) is 0 Å². The fraction of sp³-hybridized carbons (Fsp3) is 0.632. The maximum absolute atomic E-state index is 12.8. The molecule has 0 aromatic heterocycles. The smallest absolute Gasteiger partial charge is 0.243 e. The number of carbonyl (C=O) groups excluding carboxylic acids is 1. The Bertz CT molecular complexity index is 693. The van der Waals surface area contributed by atoms with Gasteiger partial charge in [-0.1, -0.05) is 26.0 Å². The van der Waals surface area contributed by atoms with Gasteiger partial charge in [0.15, 0.2) is 0 Å². The Morgan fingerprint density at radius 1 is 1.08 bits per heavy atom. The molecule has 0 saturated carbocycles. The lowest BCUT2D eigenvalue weighted by Gasteiger charge is -2.33. The molecule has 0 aliphatic carbocycles. The number of piperazine rings is 1. The van der Waals surface area contributed by atoms with Crippen LogP contribution in [0.15, 0.2) is 29.2 Å². The second-order valence-corrected chi connectivity index (χ2v) is 9.22. The van der Waals surface area contributed by atoms with Crippen LogP contribution in [-0.4, -0.2) is 62.3 Å². The molecular formula is C19H31N3O3S. The zero-order valence-corrected chi connectivity index (χ0v) is 17.1. The summed E-state index contributed by atoms with van der Waals surface area (Å²) in [6.07, 6.45) is 1.03. The molecule has 1 atom stereocenters. The van der Waals surface area contributed by atoms with Gasteiger partial charge in [-0.15, -0.1) is 0 Å². The number of hydrogen-bond acceptors (Lipinski definition) is 4. The quantitative estimate of drug-likeness (QED) is 0.785. The third kappa shape index (κ3) is 5.28. The molecule has 1 fully saturated rings. The van der Waals surface area contributed by atoms with Gasteiger partial charge < -0.3 is 5.32 Å². The Labute approximate surface area is 157 Å². The molecule has 1 aromatic rings. The molecule has 1 unspecified atom stereocenters. The first-order chi connectivity index (χ1) is 12.2. The first-order valence-corrected chi connectivity index (χ1v) is 10.8. The summed E-state index contributed by atoms with van der Waals surface area (Å²) in [4.78, 5) is 14.2. The Morgan fingerprint density at radius 3 is 2.15 bits per heavy atom. The molecule has 7 heteroatoms. The van der Waals surface area contributed by atoms with E-state index in [1.54, 1.807) is 12.1 Å². The van der Waals surface area contributed by atoms with Crippen molar-refractivity contribution in [1.29, 1.82) is 0 Å². The fourth-order valence-corrected chi connectivity index (χ4v) is 4.47. The SMILES string of the molecule is CCC(C)c1ccc(S(=O)(=O)N2CCN(CC(=O)NC(C)C)CC2)cc1. The van der Waals surface area contributed by atoms with Crippen LogP contribution >= 0.6 is 0 Å². The van der Waals surface area contributed by atoms with Crippen LogP contribution in [0.3, 0.4) is 0 Å². The van der Waals surface area contributed by atoms with Gasteiger partial charge in [0, 0.05) is 32.2 Å². The summed E-state index contributed by atoms with van der Waals surface area (Å²) in [5.74, 6) is 0.407. The van der Waals surface area contributed by atoms with Crippen LogP contribution in [0.25, 0.3) is 0 Å². The zero-order chi connectivity index (χ0) is 19.3. The summed E-state index contributed by atoms with van der Waals surface area (Å²) in [5, 5.41) is 2.86. The Balaban J connectivity index is 1.96. The molecule has 1 heterocycles. The average molecular weight is 382 g/mol. The monoisotopic (exact) mass is 381 g/mol. The van der Waals surface area contributed by atoms with Gasteiger partial charge in [-0.3, -0.25) is 9.69 Å². The third-order valence-corrected chi connectivity index (χ3v) is 6.76. The van der Waals surface area contributed by atoms with E-state index in [9.17, 15) is 13.2 Å². The summed E-state index contributed by atoms with van der Waals surface area (Å²) in [6.45, 7) is 10.4. The Hall–Kier alpha value is -1.44. The van der Waals surface area contributed by atoms with E-state index in [2.05, 4.69) is 19.2 Å². The van der Waals surface area contributed by atoms with Crippen molar-refractivity contribution in [2.24, 2.45) is 0 Å². The predicted octanol–water partition coefficient (Wildman–Crippen LogP) is 2.03. The van der Waals surface area contributed by atoms with E-state index in [1.807, 2.05) is 30.9 Å². The highest BCUT2D eigenvalue weighted by molar-refractivity contribution is 7.89. The predicted molar refractivity (Wildman–Crippen MR) is 104 cm³/mol. The van der Waals surface area contributed by atoms with Gasteiger partial charge in [0.05, 0.1) is 11.4 Å². The lowest BCUT2D eigenvalue weighted by atomic mass is 9.99. The summed E-state index contributed by atoms with van der Waals surface area (Å²) >= 11 is 0. The maximum Gasteiger partial charge on any atom is 0.243 e. The highest BCUT2D eigenvalue weighted by Crippen LogP contribution is 2.23. The standard InChI is InChI=1S/C19H31N3O3S/c1-5-16(4)17-6-8-18(9-7-17)26(24,25)22-12-10-21(11-13-22)14-19(23)20-15(2)3/h6-9,15-16H,5,10-14H2,1-4H3,(H,20,23). The molecule has 1 saturated heterocycles. The minimum absolute atomic E-state index is 0.0167. The van der Waals surface area contributed by atoms with Gasteiger partial charge >= 0.3 is 0 Å². The van der Waals surface area contributed by atoms with Crippen molar-refractivity contribution in [3.05, 3.63) is 29.8 Å². The number of benzene rings is 1. The van der Waals surface area contributed by atoms with Crippen LogP contribution in [-0.2, 0) is 14.8 Å². The van der Waals surface area contributed by atoms with Crippen LogP contribution in [0, 0.1) is 0 Å². The van der Waals surface area contributed by atoms with Crippen molar-refractivity contribution < 1.29 is 13.2 Å². The van der Waals surface area contributed by atoms with E-state index in [4.69, 9.17) is 0 Å². The van der Waals surface area contributed by atoms with E-state index in [0.29, 0.717) is 43.5 Å². The molecule has 146 valence electrons. The average Bonchev–Trinajstić information content (AvgIpc) is 2.61. The van der Waals surface area contributed by atoms with E-state index in [1.165, 1.54) is 4.31 Å². The van der Waals surface area contributed by atoms with E-state index < -0.39 is 10.0 Å². The number of nitrogens with one attached hydrogen (secondary N) is 1. The minimum atomic E-state index is -3.48. The normalized spacial score (nSPS) is 18.0. The lowest BCUT2D eigenvalue weighted by Crippen LogP contribution is -2.51. The number of carbonyl (C=O) groups is 1. The largest absolute Gasteiger partial charge is 0.353 e. The highest BCUT2D eigenvalue weighted by atomic mass is 32.2. The number of rotatable bonds is 7. The van der Waals surface area contributed by atoms with Crippen molar-refractivity contribution >= 4 is 15.9 Å². The van der Waals surface area contributed by atoms with Crippen molar-refractivity contribution in [1.82, 2.24) is 14.5 Å². The van der Waals surface area contributed by atoms with E-state index in [0.717, 1.165) is 12.0 Å². The van der Waals surface area contributed by atoms with Crippen molar-refractivity contribution in [3.63, 3.8) is 0 Å². The van der Waals surface area contributed by atoms with Crippen molar-refractivity contribution in [2.45, 2.75) is 51.0 Å². The van der Waals surface area contributed by atoms with Gasteiger partial charge in [0.25, 0.3) is 0 Å². The number of amides is 1. The molecular weight excluding hydrogens is 350 g/mol. The molecule has 6 nitrogen and oxygen atoms in total. The van der Waals surface area contributed by atoms with Gasteiger partial charge in [0.2, 0.25) is 15.9 Å². The molecule has 1 aliphatic heterocycles. The summed E-state index contributed by atoms with van der Waals surface area (Å²) in [7, 11) is -3.48. The van der Waals surface area contributed by atoms with E-state index in [-0.39, 0.29) is 11.9 Å². The molecule has 1 N–H and O–H groups in total. The molecule has 1 aromatic carbocycles.